The maximum Gasteiger partial charge on any atom is 0.261 e. The summed E-state index contributed by atoms with van der Waals surface area (Å²) in [4.78, 5) is 52.1. The number of hydrogen-bond donors (Lipinski definition) is 3. The lowest BCUT2D eigenvalue weighted by atomic mass is 9.95. The monoisotopic (exact) mass is 461 g/mol. The predicted octanol–water partition coefficient (Wildman–Crippen LogP) is 1.09. The number of carbonyl (C=O) groups excluding carboxylic acids is 4. The van der Waals surface area contributed by atoms with E-state index in [0.717, 1.165) is 30.5 Å². The summed E-state index contributed by atoms with van der Waals surface area (Å²) < 4.78 is 0. The normalized spacial score (nSPS) is 15.8. The topological polar surface area (TPSA) is 122 Å². The number of benzene rings is 1. The molecule has 0 radical (unpaired) electrons. The van der Waals surface area contributed by atoms with Crippen LogP contribution in [0.5, 0.6) is 0 Å². The maximum atomic E-state index is 13.0. The molecule has 0 spiro atoms. The molecule has 1 aromatic carbocycles. The van der Waals surface area contributed by atoms with Gasteiger partial charge in [-0.1, -0.05) is 44.4 Å². The molecule has 182 valence electrons. The molecule has 33 heavy (non-hydrogen) atoms. The van der Waals surface area contributed by atoms with Gasteiger partial charge in [0.2, 0.25) is 18.2 Å². The van der Waals surface area contributed by atoms with E-state index in [9.17, 15) is 24.4 Å². The van der Waals surface area contributed by atoms with Crippen LogP contribution in [-0.2, 0) is 25.6 Å². The number of para-hydroxylation sites is 1. The number of carbonyl (C=O) groups is 4. The third kappa shape index (κ3) is 7.45. The maximum absolute atomic E-state index is 13.0. The molecule has 0 aliphatic carbocycles. The molecular weight excluding hydrogens is 426 g/mol. The van der Waals surface area contributed by atoms with E-state index in [1.54, 1.807) is 19.0 Å². The number of fused-ring (bicyclic) bond motifs is 1. The first-order chi connectivity index (χ1) is 15.8. The average Bonchev–Trinajstić information content (AvgIpc) is 2.81. The predicted molar refractivity (Wildman–Crippen MR) is 123 cm³/mol. The van der Waals surface area contributed by atoms with Crippen LogP contribution in [0.2, 0.25) is 0 Å². The Labute approximate surface area is 194 Å². The smallest absolute Gasteiger partial charge is 0.261 e. The molecule has 1 aliphatic rings. The Hall–Kier alpha value is -3.14. The van der Waals surface area contributed by atoms with Crippen LogP contribution in [0, 0.1) is 5.92 Å². The molecule has 1 aromatic rings. The molecule has 0 saturated carbocycles. The second kappa shape index (κ2) is 12.8. The summed E-state index contributed by atoms with van der Waals surface area (Å²) in [5.74, 6) is -1.70. The van der Waals surface area contributed by atoms with Gasteiger partial charge in [-0.15, -0.1) is 0 Å². The Kier molecular flexibility index (Phi) is 10.1. The van der Waals surface area contributed by atoms with Crippen molar-refractivity contribution in [3.8, 4) is 0 Å². The van der Waals surface area contributed by atoms with E-state index < -0.39 is 23.8 Å². The Bertz CT molecular complexity index is 831. The number of hydrogen-bond acceptors (Lipinski definition) is 6. The fourth-order valence-electron chi connectivity index (χ4n) is 3.90. The quantitative estimate of drug-likeness (QED) is 0.196. The van der Waals surface area contributed by atoms with Crippen molar-refractivity contribution < 1.29 is 24.4 Å². The summed E-state index contributed by atoms with van der Waals surface area (Å²) >= 11 is 0. The summed E-state index contributed by atoms with van der Waals surface area (Å²) in [6, 6.07) is 7.02. The van der Waals surface area contributed by atoms with E-state index in [0.29, 0.717) is 24.3 Å². The molecule has 0 aromatic heterocycles. The standard InChI is InChI=1S/C23H35N5O5/c1-4-5-6-10-18(14-27(33)16-29)22(31)24-25-23(32)20-13-12-17-9-7-8-11-19(17)28(20)15-21(30)26(2)3/h7-9,11,16,18,20,33H,4-6,10,12-15H2,1-3H3,(H,24,31)(H,25,32)/t18-,20?/m1/s1. The Morgan fingerprint density at radius 3 is 2.61 bits per heavy atom. The lowest BCUT2D eigenvalue weighted by Crippen LogP contribution is -2.56. The molecule has 0 fully saturated rings. The molecule has 1 unspecified atom stereocenters. The van der Waals surface area contributed by atoms with Gasteiger partial charge >= 0.3 is 0 Å². The lowest BCUT2D eigenvalue weighted by molar-refractivity contribution is -0.155. The second-order valence-electron chi connectivity index (χ2n) is 8.50. The van der Waals surface area contributed by atoms with Gasteiger partial charge in [-0.2, -0.15) is 0 Å². The van der Waals surface area contributed by atoms with Crippen LogP contribution < -0.4 is 15.8 Å². The van der Waals surface area contributed by atoms with Crippen molar-refractivity contribution in [2.24, 2.45) is 5.92 Å². The first-order valence-electron chi connectivity index (χ1n) is 11.3. The fraction of sp³-hybridized carbons (Fsp3) is 0.565. The zero-order valence-corrected chi connectivity index (χ0v) is 19.6. The zero-order valence-electron chi connectivity index (χ0n) is 19.6. The Balaban J connectivity index is 2.08. The van der Waals surface area contributed by atoms with Gasteiger partial charge in [0, 0.05) is 19.8 Å². The van der Waals surface area contributed by atoms with Gasteiger partial charge in [0.25, 0.3) is 5.91 Å². The van der Waals surface area contributed by atoms with Gasteiger partial charge in [0.15, 0.2) is 0 Å². The van der Waals surface area contributed by atoms with Crippen LogP contribution in [0.25, 0.3) is 0 Å². The van der Waals surface area contributed by atoms with Gasteiger partial charge in [-0.05, 0) is 30.9 Å². The van der Waals surface area contributed by atoms with Crippen molar-refractivity contribution in [1.29, 1.82) is 0 Å². The third-order valence-corrected chi connectivity index (χ3v) is 5.84. The van der Waals surface area contributed by atoms with Crippen LogP contribution in [0.1, 0.15) is 44.6 Å². The molecule has 0 saturated heterocycles. The van der Waals surface area contributed by atoms with Crippen LogP contribution in [0.3, 0.4) is 0 Å². The number of nitrogens with one attached hydrogen (secondary N) is 2. The second-order valence-corrected chi connectivity index (χ2v) is 8.50. The molecule has 4 amide bonds. The molecule has 0 bridgehead atoms. The van der Waals surface area contributed by atoms with E-state index in [2.05, 4.69) is 10.9 Å². The SMILES string of the molecule is CCCCC[C@H](CN(O)C=O)C(=O)NNC(=O)C1CCc2ccccc2N1CC(=O)N(C)C. The summed E-state index contributed by atoms with van der Waals surface area (Å²) in [5.41, 5.74) is 6.81. The van der Waals surface area contributed by atoms with E-state index in [1.165, 1.54) is 4.90 Å². The van der Waals surface area contributed by atoms with E-state index in [4.69, 9.17) is 0 Å². The highest BCUT2D eigenvalue weighted by atomic mass is 16.5. The van der Waals surface area contributed by atoms with Gasteiger partial charge in [-0.25, -0.2) is 5.06 Å². The highest BCUT2D eigenvalue weighted by molar-refractivity contribution is 5.91. The zero-order chi connectivity index (χ0) is 24.4. The van der Waals surface area contributed by atoms with Crippen molar-refractivity contribution in [2.75, 3.05) is 32.1 Å². The minimum absolute atomic E-state index is 0.0362. The molecule has 1 heterocycles. The molecular formula is C23H35N5O5. The molecule has 2 atom stereocenters. The number of unbranched alkanes of at least 4 members (excludes halogenated alkanes) is 2. The van der Waals surface area contributed by atoms with E-state index in [1.807, 2.05) is 31.2 Å². The van der Waals surface area contributed by atoms with Crippen molar-refractivity contribution in [1.82, 2.24) is 20.8 Å². The van der Waals surface area contributed by atoms with Gasteiger partial charge < -0.3 is 9.80 Å². The number of nitrogens with zero attached hydrogens (tertiary/aromatic N) is 3. The summed E-state index contributed by atoms with van der Waals surface area (Å²) in [6.07, 6.45) is 4.53. The number of amides is 4. The third-order valence-electron chi connectivity index (χ3n) is 5.84. The van der Waals surface area contributed by atoms with Gasteiger partial charge in [0.05, 0.1) is 19.0 Å². The number of hydrazine groups is 1. The Morgan fingerprint density at radius 1 is 1.21 bits per heavy atom. The van der Waals surface area contributed by atoms with Crippen LogP contribution in [0.4, 0.5) is 5.69 Å². The summed E-state index contributed by atoms with van der Waals surface area (Å²) in [6.45, 7) is 1.91. The molecule has 2 rings (SSSR count). The van der Waals surface area contributed by atoms with E-state index >= 15 is 0 Å². The fourth-order valence-corrected chi connectivity index (χ4v) is 3.90. The largest absolute Gasteiger partial charge is 0.350 e. The minimum Gasteiger partial charge on any atom is -0.350 e. The summed E-state index contributed by atoms with van der Waals surface area (Å²) in [7, 11) is 3.33. The van der Waals surface area contributed by atoms with Crippen molar-refractivity contribution in [3.05, 3.63) is 29.8 Å². The molecule has 10 nitrogen and oxygen atoms in total. The number of likely N-dealkylation sites (N-methyl/N-ethyl adjacent to an activating group) is 1. The van der Waals surface area contributed by atoms with Crippen LogP contribution in [0.15, 0.2) is 24.3 Å². The van der Waals surface area contributed by atoms with E-state index in [-0.39, 0.29) is 25.4 Å². The van der Waals surface area contributed by atoms with Crippen molar-refractivity contribution in [3.63, 3.8) is 0 Å². The highest BCUT2D eigenvalue weighted by Gasteiger charge is 2.33. The summed E-state index contributed by atoms with van der Waals surface area (Å²) in [5, 5.41) is 9.96. The number of aryl methyl sites for hydroxylation is 1. The first kappa shape index (κ1) is 26.1. The average molecular weight is 462 g/mol. The minimum atomic E-state index is -0.662. The van der Waals surface area contributed by atoms with Gasteiger partial charge in [0.1, 0.15) is 6.04 Å². The van der Waals surface area contributed by atoms with Crippen LogP contribution in [-0.4, -0.2) is 72.5 Å². The number of anilines is 1. The van der Waals surface area contributed by atoms with Crippen molar-refractivity contribution >= 4 is 29.8 Å². The van der Waals surface area contributed by atoms with Gasteiger partial charge in [-0.3, -0.25) is 35.2 Å². The molecule has 10 heteroatoms. The van der Waals surface area contributed by atoms with Crippen LogP contribution >= 0.6 is 0 Å². The van der Waals surface area contributed by atoms with Crippen molar-refractivity contribution in [2.45, 2.75) is 51.5 Å². The first-order valence-corrected chi connectivity index (χ1v) is 11.3. The Morgan fingerprint density at radius 2 is 1.94 bits per heavy atom. The molecule has 1 aliphatic heterocycles. The highest BCUT2D eigenvalue weighted by Crippen LogP contribution is 2.30. The lowest BCUT2D eigenvalue weighted by Gasteiger charge is -2.38. The molecule has 3 N–H and O–H groups in total. The number of rotatable bonds is 11. The number of hydroxylamine groups is 2.